The summed E-state index contributed by atoms with van der Waals surface area (Å²) in [4.78, 5) is 26.0. The lowest BCUT2D eigenvalue weighted by molar-refractivity contribution is 0.257. The van der Waals surface area contributed by atoms with Crippen molar-refractivity contribution in [2.45, 2.75) is 16.0 Å². The molecule has 0 aliphatic carbocycles. The molecule has 2 N–H and O–H groups in total. The third-order valence-electron chi connectivity index (χ3n) is 4.85. The number of hydrogen-bond acceptors (Lipinski definition) is 6. The summed E-state index contributed by atoms with van der Waals surface area (Å²) in [6.07, 6.45) is 2.42. The van der Waals surface area contributed by atoms with Gasteiger partial charge in [0.05, 0.1) is 10.6 Å². The summed E-state index contributed by atoms with van der Waals surface area (Å²) in [6.45, 7) is 1.85. The Kier molecular flexibility index (Phi) is 6.39. The van der Waals surface area contributed by atoms with E-state index in [-0.39, 0.29) is 21.7 Å². The molecule has 2 aromatic carbocycles. The van der Waals surface area contributed by atoms with Gasteiger partial charge in [0, 0.05) is 28.4 Å². The number of halogens is 1. The van der Waals surface area contributed by atoms with Gasteiger partial charge in [0.1, 0.15) is 10.0 Å². The quantitative estimate of drug-likeness (QED) is 0.417. The molecule has 2 amide bonds. The van der Waals surface area contributed by atoms with Gasteiger partial charge in [0.15, 0.2) is 20.8 Å². The molecular weight excluding hydrogens is 501 g/mol. The Morgan fingerprint density at radius 1 is 1.09 bits per heavy atom. The number of sulfone groups is 1. The van der Waals surface area contributed by atoms with Crippen molar-refractivity contribution >= 4 is 54.7 Å². The number of carbonyl (C=O) groups is 1. The highest BCUT2D eigenvalue weighted by atomic mass is 32.2. The minimum atomic E-state index is -3.53. The van der Waals surface area contributed by atoms with E-state index in [1.165, 1.54) is 47.9 Å². The van der Waals surface area contributed by atoms with E-state index in [1.807, 2.05) is 6.92 Å². The van der Waals surface area contributed by atoms with Crippen molar-refractivity contribution in [2.24, 2.45) is 0 Å². The van der Waals surface area contributed by atoms with Crippen LogP contribution in [-0.2, 0) is 20.8 Å². The van der Waals surface area contributed by atoms with Crippen LogP contribution in [0.1, 0.15) is 4.88 Å². The van der Waals surface area contributed by atoms with Gasteiger partial charge in [0.25, 0.3) is 5.56 Å². The van der Waals surface area contributed by atoms with Crippen LogP contribution in [0.4, 0.5) is 14.9 Å². The van der Waals surface area contributed by atoms with Gasteiger partial charge in [-0.1, -0.05) is 6.07 Å². The molecule has 4 aromatic rings. The van der Waals surface area contributed by atoms with Gasteiger partial charge in [0.2, 0.25) is 0 Å². The third-order valence-corrected chi connectivity index (χ3v) is 8.34. The first-order valence-corrected chi connectivity index (χ1v) is 13.6. The number of benzene rings is 2. The molecule has 4 rings (SSSR count). The van der Waals surface area contributed by atoms with E-state index in [9.17, 15) is 26.6 Å². The first-order chi connectivity index (χ1) is 16.0. The number of nitrogens with one attached hydrogen (secondary N) is 2. The van der Waals surface area contributed by atoms with Crippen LogP contribution in [0.3, 0.4) is 0 Å². The normalized spacial score (nSPS) is 12.4. The van der Waals surface area contributed by atoms with E-state index in [1.54, 1.807) is 18.2 Å². The largest absolute Gasteiger partial charge is 0.331 e. The lowest BCUT2D eigenvalue weighted by Gasteiger charge is -2.11. The smallest absolute Gasteiger partial charge is 0.307 e. The topological polar surface area (TPSA) is 114 Å². The molecule has 1 atom stereocenters. The molecule has 0 bridgehead atoms. The monoisotopic (exact) mass is 519 g/mol. The van der Waals surface area contributed by atoms with Crippen molar-refractivity contribution in [3.05, 3.63) is 81.8 Å². The van der Waals surface area contributed by atoms with Crippen molar-refractivity contribution in [3.8, 4) is 5.69 Å². The summed E-state index contributed by atoms with van der Waals surface area (Å²) in [6, 6.07) is 12.1. The van der Waals surface area contributed by atoms with Crippen molar-refractivity contribution in [1.29, 1.82) is 0 Å². The molecule has 0 aliphatic heterocycles. The molecule has 1 unspecified atom stereocenters. The molecule has 0 fully saturated rings. The first kappa shape index (κ1) is 23.8. The zero-order valence-corrected chi connectivity index (χ0v) is 20.3. The number of amides is 2. The highest BCUT2D eigenvalue weighted by molar-refractivity contribution is 7.90. The molecule has 0 saturated heterocycles. The lowest BCUT2D eigenvalue weighted by atomic mass is 10.1. The summed E-state index contributed by atoms with van der Waals surface area (Å²) in [5, 5.41) is 3.04. The highest BCUT2D eigenvalue weighted by Crippen LogP contribution is 2.21. The van der Waals surface area contributed by atoms with E-state index in [2.05, 4.69) is 10.0 Å². The Bertz CT molecular complexity index is 1630. The SMILES string of the molecule is Cc1ccc(S(=O)NC(=O)Nc2ccc(-n3ccc4ccc(S(C)(=O)=O)cc4c3=O)c(F)c2)s1. The molecule has 8 nitrogen and oxygen atoms in total. The van der Waals surface area contributed by atoms with Crippen LogP contribution in [-0.4, -0.2) is 29.5 Å². The standard InChI is InChI=1S/C22H18FN3O5S3/c1-13-3-8-20(32-13)33(29)25-22(28)24-15-5-7-19(18(23)11-15)26-10-9-14-4-6-16(34(2,30)31)12-17(14)21(26)27/h3-12H,1-2H3,(H2,24,25,28). The Hall–Kier alpha value is -3.35. The summed E-state index contributed by atoms with van der Waals surface area (Å²) >= 11 is 1.28. The molecular formula is C22H18FN3O5S3. The van der Waals surface area contributed by atoms with E-state index in [4.69, 9.17) is 0 Å². The van der Waals surface area contributed by atoms with Crippen molar-refractivity contribution < 1.29 is 21.8 Å². The lowest BCUT2D eigenvalue weighted by Crippen LogP contribution is -2.30. The number of carbonyl (C=O) groups excluding carboxylic acids is 1. The van der Waals surface area contributed by atoms with Gasteiger partial charge in [-0.25, -0.2) is 21.8 Å². The number of anilines is 1. The van der Waals surface area contributed by atoms with Crippen LogP contribution in [0.5, 0.6) is 0 Å². The first-order valence-electron chi connectivity index (χ1n) is 9.74. The van der Waals surface area contributed by atoms with Crippen molar-refractivity contribution in [2.75, 3.05) is 11.6 Å². The molecule has 0 radical (unpaired) electrons. The summed E-state index contributed by atoms with van der Waals surface area (Å²) < 4.78 is 54.6. The minimum Gasteiger partial charge on any atom is -0.307 e. The summed E-state index contributed by atoms with van der Waals surface area (Å²) in [5.41, 5.74) is -0.589. The summed E-state index contributed by atoms with van der Waals surface area (Å²) in [5.74, 6) is -0.798. The van der Waals surface area contributed by atoms with Crippen LogP contribution in [0.15, 0.2) is 74.7 Å². The second-order valence-electron chi connectivity index (χ2n) is 7.37. The van der Waals surface area contributed by atoms with Crippen molar-refractivity contribution in [3.63, 3.8) is 0 Å². The predicted octanol–water partition coefficient (Wildman–Crippen LogP) is 3.75. The van der Waals surface area contributed by atoms with Crippen LogP contribution < -0.4 is 15.6 Å². The van der Waals surface area contributed by atoms with Crippen molar-refractivity contribution in [1.82, 2.24) is 9.29 Å². The maximum absolute atomic E-state index is 14.9. The highest BCUT2D eigenvalue weighted by Gasteiger charge is 2.15. The van der Waals surface area contributed by atoms with Crippen LogP contribution in [0.2, 0.25) is 0 Å². The fourth-order valence-corrected chi connectivity index (χ4v) is 5.79. The van der Waals surface area contributed by atoms with Gasteiger partial charge in [-0.05, 0) is 60.8 Å². The Morgan fingerprint density at radius 3 is 2.50 bits per heavy atom. The number of fused-ring (bicyclic) bond motifs is 1. The Labute approximate surface area is 200 Å². The van der Waals surface area contributed by atoms with E-state index >= 15 is 0 Å². The van der Waals surface area contributed by atoms with Gasteiger partial charge in [-0.2, -0.15) is 0 Å². The predicted molar refractivity (Wildman–Crippen MR) is 130 cm³/mol. The fourth-order valence-electron chi connectivity index (χ4n) is 3.22. The number of thiophene rings is 1. The van der Waals surface area contributed by atoms with E-state index < -0.39 is 38.2 Å². The Balaban J connectivity index is 1.59. The molecule has 34 heavy (non-hydrogen) atoms. The molecule has 2 aromatic heterocycles. The van der Waals surface area contributed by atoms with Gasteiger partial charge < -0.3 is 5.32 Å². The summed E-state index contributed by atoms with van der Waals surface area (Å²) in [7, 11) is -5.29. The number of aryl methyl sites for hydroxylation is 1. The van der Waals surface area contributed by atoms with Crippen LogP contribution in [0.25, 0.3) is 16.5 Å². The second kappa shape index (κ2) is 9.12. The van der Waals surface area contributed by atoms with Gasteiger partial charge in [-0.15, -0.1) is 11.3 Å². The molecule has 176 valence electrons. The van der Waals surface area contributed by atoms with E-state index in [0.717, 1.165) is 21.8 Å². The zero-order chi connectivity index (χ0) is 24.6. The van der Waals surface area contributed by atoms with E-state index in [0.29, 0.717) is 9.60 Å². The fraction of sp³-hybridized carbons (Fsp3) is 0.0909. The number of rotatable bonds is 5. The molecule has 0 saturated carbocycles. The number of urea groups is 1. The minimum absolute atomic E-state index is 0.0176. The molecule has 12 heteroatoms. The maximum Gasteiger partial charge on any atom is 0.331 e. The maximum atomic E-state index is 14.9. The number of pyridine rings is 1. The van der Waals surface area contributed by atoms with Crippen LogP contribution in [0, 0.1) is 12.7 Å². The number of aromatic nitrogens is 1. The molecule has 0 aliphatic rings. The average molecular weight is 520 g/mol. The molecule has 2 heterocycles. The molecule has 0 spiro atoms. The number of nitrogens with zero attached hydrogens (tertiary/aromatic N) is 1. The average Bonchev–Trinajstić information content (AvgIpc) is 3.20. The van der Waals surface area contributed by atoms with Gasteiger partial charge in [-0.3, -0.25) is 14.1 Å². The Morgan fingerprint density at radius 2 is 1.85 bits per heavy atom. The zero-order valence-electron chi connectivity index (χ0n) is 17.9. The van der Waals surface area contributed by atoms with Gasteiger partial charge >= 0.3 is 6.03 Å². The van der Waals surface area contributed by atoms with Crippen LogP contribution >= 0.6 is 11.3 Å². The third kappa shape index (κ3) is 4.93. The second-order valence-corrected chi connectivity index (χ2v) is 12.1. The number of hydrogen-bond donors (Lipinski definition) is 2.